The second kappa shape index (κ2) is 9.71. The molecule has 1 atom stereocenters. The van der Waals surface area contributed by atoms with Crippen LogP contribution in [0, 0.1) is 0 Å². The van der Waals surface area contributed by atoms with Gasteiger partial charge in [0.1, 0.15) is 5.54 Å². The van der Waals surface area contributed by atoms with E-state index in [1.165, 1.54) is 0 Å². The highest BCUT2D eigenvalue weighted by Gasteiger charge is 2.42. The van der Waals surface area contributed by atoms with E-state index >= 15 is 0 Å². The van der Waals surface area contributed by atoms with Crippen molar-refractivity contribution >= 4 is 18.3 Å². The van der Waals surface area contributed by atoms with E-state index in [1.807, 2.05) is 49.5 Å². The molecule has 142 valence electrons. The number of ether oxygens (including phenoxy) is 1. The summed E-state index contributed by atoms with van der Waals surface area (Å²) in [5.74, 6) is 0.0218. The average molecular weight is 379 g/mol. The standard InChI is InChI=1S/C19H26N4O2.ClH/c1-16(14-25-15-17-6-3-2-4-7-17)22-18(24)19(8-11-20-12-9-19)23-13-5-10-21-23;/h2-7,10,13,16,20H,8-9,11-12,14-15H2,1H3,(H,22,24);1H. The number of benzene rings is 1. The van der Waals surface area contributed by atoms with Gasteiger partial charge >= 0.3 is 0 Å². The average Bonchev–Trinajstić information content (AvgIpc) is 3.18. The summed E-state index contributed by atoms with van der Waals surface area (Å²) >= 11 is 0. The second-order valence-corrected chi connectivity index (χ2v) is 6.61. The third kappa shape index (κ3) is 4.84. The second-order valence-electron chi connectivity index (χ2n) is 6.61. The first-order chi connectivity index (χ1) is 12.2. The Labute approximate surface area is 160 Å². The van der Waals surface area contributed by atoms with Crippen LogP contribution < -0.4 is 10.6 Å². The molecule has 7 heteroatoms. The molecule has 2 N–H and O–H groups in total. The monoisotopic (exact) mass is 378 g/mol. The zero-order valence-corrected chi connectivity index (χ0v) is 15.9. The zero-order valence-electron chi connectivity index (χ0n) is 15.1. The molecule has 1 aliphatic heterocycles. The first kappa shape index (κ1) is 20.4. The van der Waals surface area contributed by atoms with Crippen molar-refractivity contribution in [2.45, 2.75) is 38.0 Å². The highest BCUT2D eigenvalue weighted by molar-refractivity contribution is 5.85. The fourth-order valence-corrected chi connectivity index (χ4v) is 3.25. The van der Waals surface area contributed by atoms with Gasteiger partial charge in [0, 0.05) is 18.4 Å². The lowest BCUT2D eigenvalue weighted by atomic mass is 9.87. The first-order valence-electron chi connectivity index (χ1n) is 8.84. The van der Waals surface area contributed by atoms with E-state index < -0.39 is 5.54 Å². The number of amides is 1. The van der Waals surface area contributed by atoms with Gasteiger partial charge in [-0.25, -0.2) is 0 Å². The SMILES string of the molecule is CC(COCc1ccccc1)NC(=O)C1(n2cccn2)CCNCC1.Cl. The van der Waals surface area contributed by atoms with E-state index in [4.69, 9.17) is 4.74 Å². The van der Waals surface area contributed by atoms with Crippen LogP contribution in [0.15, 0.2) is 48.8 Å². The van der Waals surface area contributed by atoms with Crippen LogP contribution in [0.25, 0.3) is 0 Å². The Morgan fingerprint density at radius 2 is 2.04 bits per heavy atom. The van der Waals surface area contributed by atoms with Crippen LogP contribution in [0.1, 0.15) is 25.3 Å². The molecule has 1 aromatic heterocycles. The molecule has 0 bridgehead atoms. The molecule has 1 aromatic carbocycles. The number of aromatic nitrogens is 2. The molecular formula is C19H27ClN4O2. The van der Waals surface area contributed by atoms with E-state index in [2.05, 4.69) is 15.7 Å². The van der Waals surface area contributed by atoms with Gasteiger partial charge in [0.25, 0.3) is 0 Å². The third-order valence-electron chi connectivity index (χ3n) is 4.65. The summed E-state index contributed by atoms with van der Waals surface area (Å²) in [4.78, 5) is 13.0. The van der Waals surface area contributed by atoms with Crippen LogP contribution in [-0.2, 0) is 21.7 Å². The summed E-state index contributed by atoms with van der Waals surface area (Å²) in [5, 5.41) is 10.8. The highest BCUT2D eigenvalue weighted by Crippen LogP contribution is 2.27. The van der Waals surface area contributed by atoms with Gasteiger partial charge in [-0.3, -0.25) is 9.48 Å². The van der Waals surface area contributed by atoms with E-state index in [1.54, 1.807) is 10.9 Å². The van der Waals surface area contributed by atoms with E-state index in [0.29, 0.717) is 13.2 Å². The Kier molecular flexibility index (Phi) is 7.63. The summed E-state index contributed by atoms with van der Waals surface area (Å²) in [5.41, 5.74) is 0.523. The van der Waals surface area contributed by atoms with Gasteiger partial charge in [-0.2, -0.15) is 5.10 Å². The summed E-state index contributed by atoms with van der Waals surface area (Å²) < 4.78 is 7.55. The number of carbonyl (C=O) groups is 1. The van der Waals surface area contributed by atoms with Crippen molar-refractivity contribution in [3.05, 3.63) is 54.4 Å². The Morgan fingerprint density at radius 1 is 1.31 bits per heavy atom. The molecule has 0 saturated carbocycles. The number of halogens is 1. The molecule has 0 radical (unpaired) electrons. The van der Waals surface area contributed by atoms with Gasteiger partial charge in [0.2, 0.25) is 5.91 Å². The van der Waals surface area contributed by atoms with Crippen LogP contribution in [0.5, 0.6) is 0 Å². The molecule has 6 nitrogen and oxygen atoms in total. The van der Waals surface area contributed by atoms with Gasteiger partial charge in [0.05, 0.1) is 13.2 Å². The molecule has 2 aromatic rings. The fourth-order valence-electron chi connectivity index (χ4n) is 3.25. The molecule has 1 unspecified atom stereocenters. The molecule has 1 saturated heterocycles. The predicted molar refractivity (Wildman–Crippen MR) is 103 cm³/mol. The minimum absolute atomic E-state index is 0. The number of rotatable bonds is 7. The van der Waals surface area contributed by atoms with Crippen LogP contribution >= 0.6 is 12.4 Å². The van der Waals surface area contributed by atoms with E-state index in [-0.39, 0.29) is 24.4 Å². The van der Waals surface area contributed by atoms with Gasteiger partial charge in [-0.05, 0) is 44.5 Å². The Morgan fingerprint density at radius 3 is 2.69 bits per heavy atom. The molecule has 0 spiro atoms. The summed E-state index contributed by atoms with van der Waals surface area (Å²) in [6, 6.07) is 11.8. The first-order valence-corrected chi connectivity index (χ1v) is 8.84. The van der Waals surface area contributed by atoms with Crippen LogP contribution in [0.2, 0.25) is 0 Å². The molecular weight excluding hydrogens is 352 g/mol. The normalized spacial score (nSPS) is 17.1. The van der Waals surface area contributed by atoms with Crippen molar-refractivity contribution in [1.82, 2.24) is 20.4 Å². The van der Waals surface area contributed by atoms with Gasteiger partial charge in [-0.1, -0.05) is 30.3 Å². The van der Waals surface area contributed by atoms with E-state index in [9.17, 15) is 4.79 Å². The van der Waals surface area contributed by atoms with Crippen LogP contribution in [0.4, 0.5) is 0 Å². The van der Waals surface area contributed by atoms with Crippen molar-refractivity contribution < 1.29 is 9.53 Å². The molecule has 1 amide bonds. The number of hydrogen-bond acceptors (Lipinski definition) is 4. The Balaban J connectivity index is 0.00000243. The van der Waals surface area contributed by atoms with Crippen molar-refractivity contribution in [2.75, 3.05) is 19.7 Å². The number of nitrogens with zero attached hydrogens (tertiary/aromatic N) is 2. The minimum atomic E-state index is -0.609. The molecule has 26 heavy (non-hydrogen) atoms. The van der Waals surface area contributed by atoms with Crippen molar-refractivity contribution in [3.63, 3.8) is 0 Å². The van der Waals surface area contributed by atoms with Crippen LogP contribution in [0.3, 0.4) is 0 Å². The molecule has 1 fully saturated rings. The van der Waals surface area contributed by atoms with Gasteiger partial charge < -0.3 is 15.4 Å². The van der Waals surface area contributed by atoms with Crippen molar-refractivity contribution in [2.24, 2.45) is 0 Å². The summed E-state index contributed by atoms with van der Waals surface area (Å²) in [7, 11) is 0. The van der Waals surface area contributed by atoms with Gasteiger partial charge in [0.15, 0.2) is 0 Å². The summed E-state index contributed by atoms with van der Waals surface area (Å²) in [6.45, 7) is 4.63. The number of nitrogens with one attached hydrogen (secondary N) is 2. The maximum Gasteiger partial charge on any atom is 0.248 e. The summed E-state index contributed by atoms with van der Waals surface area (Å²) in [6.07, 6.45) is 5.07. The smallest absolute Gasteiger partial charge is 0.248 e. The molecule has 2 heterocycles. The van der Waals surface area contributed by atoms with Crippen molar-refractivity contribution in [1.29, 1.82) is 0 Å². The molecule has 0 aliphatic carbocycles. The maximum absolute atomic E-state index is 13.0. The molecule has 3 rings (SSSR count). The highest BCUT2D eigenvalue weighted by atomic mass is 35.5. The predicted octanol–water partition coefficient (Wildman–Crippen LogP) is 2.11. The Bertz CT molecular complexity index is 657. The van der Waals surface area contributed by atoms with Crippen molar-refractivity contribution in [3.8, 4) is 0 Å². The lowest BCUT2D eigenvalue weighted by Gasteiger charge is -2.37. The lowest BCUT2D eigenvalue weighted by molar-refractivity contribution is -0.133. The maximum atomic E-state index is 13.0. The fraction of sp³-hybridized carbons (Fsp3) is 0.474. The quantitative estimate of drug-likeness (QED) is 0.774. The Hall–Kier alpha value is -1.89. The van der Waals surface area contributed by atoms with E-state index in [0.717, 1.165) is 31.5 Å². The van der Waals surface area contributed by atoms with Gasteiger partial charge in [-0.15, -0.1) is 12.4 Å². The van der Waals surface area contributed by atoms with Crippen LogP contribution in [-0.4, -0.2) is 41.4 Å². The lowest BCUT2D eigenvalue weighted by Crippen LogP contribution is -2.56. The number of piperidine rings is 1. The molecule has 1 aliphatic rings. The number of carbonyl (C=O) groups excluding carboxylic acids is 1. The zero-order chi connectivity index (χ0) is 17.5. The minimum Gasteiger partial charge on any atom is -0.375 e. The largest absolute Gasteiger partial charge is 0.375 e. The number of hydrogen-bond donors (Lipinski definition) is 2. The topological polar surface area (TPSA) is 68.2 Å². The third-order valence-corrected chi connectivity index (χ3v) is 4.65.